The maximum Gasteiger partial charge on any atom is 0.269 e. The lowest BCUT2D eigenvalue weighted by Crippen LogP contribution is -2.35. The summed E-state index contributed by atoms with van der Waals surface area (Å²) in [6.07, 6.45) is 1.25. The lowest BCUT2D eigenvalue weighted by atomic mass is 10.1. The number of hydrogen-bond acceptors (Lipinski definition) is 3. The normalized spacial score (nSPS) is 12.1. The second-order valence-corrected chi connectivity index (χ2v) is 6.34. The van der Waals surface area contributed by atoms with Crippen LogP contribution in [-0.4, -0.2) is 27.4 Å². The van der Waals surface area contributed by atoms with Crippen LogP contribution in [0.3, 0.4) is 0 Å². The van der Waals surface area contributed by atoms with Gasteiger partial charge in [-0.25, -0.2) is 4.98 Å². The van der Waals surface area contributed by atoms with Crippen LogP contribution in [0, 0.1) is 0 Å². The highest BCUT2D eigenvalue weighted by Crippen LogP contribution is 2.21. The van der Waals surface area contributed by atoms with Crippen molar-refractivity contribution in [2.75, 3.05) is 7.05 Å². The third-order valence-electron chi connectivity index (χ3n) is 4.37. The fraction of sp³-hybridized carbons (Fsp3) is 0.211. The molecule has 0 saturated heterocycles. The van der Waals surface area contributed by atoms with E-state index in [4.69, 9.17) is 11.6 Å². The first-order chi connectivity index (χ1) is 12.0. The van der Waals surface area contributed by atoms with Crippen LogP contribution in [0.2, 0.25) is 5.02 Å². The molecule has 0 aliphatic heterocycles. The van der Waals surface area contributed by atoms with Crippen LogP contribution in [0.25, 0.3) is 11.0 Å². The SMILES string of the molecule is CC(c1ccc(Cl)cc1)N(C)C(=O)Cn1c(=O)cnc2ccccc21. The van der Waals surface area contributed by atoms with E-state index in [1.54, 1.807) is 30.1 Å². The van der Waals surface area contributed by atoms with Crippen LogP contribution in [-0.2, 0) is 11.3 Å². The zero-order valence-corrected chi connectivity index (χ0v) is 14.8. The predicted molar refractivity (Wildman–Crippen MR) is 98.6 cm³/mol. The van der Waals surface area contributed by atoms with Gasteiger partial charge in [-0.05, 0) is 36.8 Å². The monoisotopic (exact) mass is 355 g/mol. The van der Waals surface area contributed by atoms with Crippen molar-refractivity contribution in [3.8, 4) is 0 Å². The van der Waals surface area contributed by atoms with Crippen molar-refractivity contribution in [2.45, 2.75) is 19.5 Å². The summed E-state index contributed by atoms with van der Waals surface area (Å²) in [5.41, 5.74) is 2.02. The maximum atomic E-state index is 12.7. The van der Waals surface area contributed by atoms with E-state index in [0.717, 1.165) is 5.56 Å². The van der Waals surface area contributed by atoms with Crippen LogP contribution < -0.4 is 5.56 Å². The number of benzene rings is 2. The predicted octanol–water partition coefficient (Wildman–Crippen LogP) is 3.27. The van der Waals surface area contributed by atoms with Gasteiger partial charge in [0.1, 0.15) is 6.54 Å². The summed E-state index contributed by atoms with van der Waals surface area (Å²) in [6, 6.07) is 14.5. The summed E-state index contributed by atoms with van der Waals surface area (Å²) < 4.78 is 1.45. The summed E-state index contributed by atoms with van der Waals surface area (Å²) in [6.45, 7) is 1.91. The Kier molecular flexibility index (Phi) is 4.86. The minimum atomic E-state index is -0.292. The van der Waals surface area contributed by atoms with E-state index in [2.05, 4.69) is 4.98 Å². The van der Waals surface area contributed by atoms with Crippen LogP contribution in [0.1, 0.15) is 18.5 Å². The van der Waals surface area contributed by atoms with Gasteiger partial charge in [0.25, 0.3) is 5.56 Å². The van der Waals surface area contributed by atoms with Gasteiger partial charge in [0.15, 0.2) is 0 Å². The van der Waals surface area contributed by atoms with Crippen molar-refractivity contribution >= 4 is 28.5 Å². The number of carbonyl (C=O) groups is 1. The number of carbonyl (C=O) groups excluding carboxylic acids is 1. The van der Waals surface area contributed by atoms with E-state index in [0.29, 0.717) is 16.1 Å². The van der Waals surface area contributed by atoms with E-state index in [1.807, 2.05) is 37.3 Å². The quantitative estimate of drug-likeness (QED) is 0.721. The Bertz CT molecular complexity index is 966. The van der Waals surface area contributed by atoms with Gasteiger partial charge in [-0.2, -0.15) is 0 Å². The molecule has 0 aliphatic carbocycles. The first-order valence-corrected chi connectivity index (χ1v) is 8.31. The van der Waals surface area contributed by atoms with Gasteiger partial charge in [-0.3, -0.25) is 14.2 Å². The summed E-state index contributed by atoms with van der Waals surface area (Å²) in [7, 11) is 1.73. The van der Waals surface area contributed by atoms with Crippen LogP contribution in [0.5, 0.6) is 0 Å². The topological polar surface area (TPSA) is 55.2 Å². The second-order valence-electron chi connectivity index (χ2n) is 5.90. The standard InChI is InChI=1S/C19H18ClN3O2/c1-13(14-7-9-15(20)10-8-14)22(2)19(25)12-23-17-6-4-3-5-16(17)21-11-18(23)24/h3-11,13H,12H2,1-2H3. The average Bonchev–Trinajstić information content (AvgIpc) is 2.63. The van der Waals surface area contributed by atoms with Crippen molar-refractivity contribution in [1.29, 1.82) is 0 Å². The van der Waals surface area contributed by atoms with Gasteiger partial charge in [-0.1, -0.05) is 35.9 Å². The Morgan fingerprint density at radius 1 is 1.20 bits per heavy atom. The van der Waals surface area contributed by atoms with Crippen molar-refractivity contribution in [3.63, 3.8) is 0 Å². The first kappa shape index (κ1) is 17.2. The zero-order chi connectivity index (χ0) is 18.0. The molecular formula is C19H18ClN3O2. The van der Waals surface area contributed by atoms with Crippen LogP contribution >= 0.6 is 11.6 Å². The number of amides is 1. The Morgan fingerprint density at radius 3 is 2.60 bits per heavy atom. The van der Waals surface area contributed by atoms with E-state index in [1.165, 1.54) is 10.8 Å². The van der Waals surface area contributed by atoms with Crippen molar-refractivity contribution < 1.29 is 4.79 Å². The van der Waals surface area contributed by atoms with Crippen LogP contribution in [0.15, 0.2) is 59.5 Å². The third-order valence-corrected chi connectivity index (χ3v) is 4.62. The van der Waals surface area contributed by atoms with Gasteiger partial charge in [0.2, 0.25) is 5.91 Å². The molecule has 1 atom stereocenters. The van der Waals surface area contributed by atoms with E-state index >= 15 is 0 Å². The highest BCUT2D eigenvalue weighted by molar-refractivity contribution is 6.30. The van der Waals surface area contributed by atoms with Gasteiger partial charge < -0.3 is 4.90 Å². The Hall–Kier alpha value is -2.66. The molecule has 0 N–H and O–H groups in total. The summed E-state index contributed by atoms with van der Waals surface area (Å²) in [5.74, 6) is -0.152. The molecule has 3 rings (SSSR count). The van der Waals surface area contributed by atoms with E-state index < -0.39 is 0 Å². The van der Waals surface area contributed by atoms with E-state index in [-0.39, 0.29) is 24.1 Å². The molecule has 128 valence electrons. The lowest BCUT2D eigenvalue weighted by Gasteiger charge is -2.26. The second kappa shape index (κ2) is 7.07. The zero-order valence-electron chi connectivity index (χ0n) is 14.0. The molecule has 1 unspecified atom stereocenters. The Labute approximate surface area is 150 Å². The molecule has 25 heavy (non-hydrogen) atoms. The van der Waals surface area contributed by atoms with E-state index in [9.17, 15) is 9.59 Å². The number of aromatic nitrogens is 2. The van der Waals surface area contributed by atoms with Crippen molar-refractivity contribution in [1.82, 2.24) is 14.5 Å². The first-order valence-electron chi connectivity index (χ1n) is 7.93. The number of hydrogen-bond donors (Lipinski definition) is 0. The number of rotatable bonds is 4. The highest BCUT2D eigenvalue weighted by Gasteiger charge is 2.19. The lowest BCUT2D eigenvalue weighted by molar-refractivity contribution is -0.132. The molecule has 0 fully saturated rings. The summed E-state index contributed by atoms with van der Waals surface area (Å²) >= 11 is 5.91. The van der Waals surface area contributed by atoms with Crippen molar-refractivity contribution in [3.05, 3.63) is 75.7 Å². The molecule has 2 aromatic carbocycles. The molecule has 1 aromatic heterocycles. The summed E-state index contributed by atoms with van der Waals surface area (Å²) in [5, 5.41) is 0.653. The molecule has 5 nitrogen and oxygen atoms in total. The number of likely N-dealkylation sites (N-methyl/N-ethyl adjacent to an activating group) is 1. The molecule has 0 radical (unpaired) electrons. The molecule has 3 aromatic rings. The molecule has 0 saturated carbocycles. The maximum absolute atomic E-state index is 12.7. The van der Waals surface area contributed by atoms with Gasteiger partial charge in [0, 0.05) is 12.1 Å². The largest absolute Gasteiger partial charge is 0.337 e. The molecule has 0 aliphatic rings. The molecule has 1 heterocycles. The number of fused-ring (bicyclic) bond motifs is 1. The van der Waals surface area contributed by atoms with Crippen LogP contribution in [0.4, 0.5) is 0 Å². The van der Waals surface area contributed by atoms with Gasteiger partial charge in [-0.15, -0.1) is 0 Å². The average molecular weight is 356 g/mol. The minimum Gasteiger partial charge on any atom is -0.337 e. The Balaban J connectivity index is 1.86. The summed E-state index contributed by atoms with van der Waals surface area (Å²) in [4.78, 5) is 30.6. The molecule has 0 spiro atoms. The highest BCUT2D eigenvalue weighted by atomic mass is 35.5. The Morgan fingerprint density at radius 2 is 1.88 bits per heavy atom. The fourth-order valence-electron chi connectivity index (χ4n) is 2.71. The fourth-order valence-corrected chi connectivity index (χ4v) is 2.83. The molecule has 6 heteroatoms. The van der Waals surface area contributed by atoms with Crippen molar-refractivity contribution in [2.24, 2.45) is 0 Å². The van der Waals surface area contributed by atoms with Gasteiger partial charge in [0.05, 0.1) is 23.3 Å². The van der Waals surface area contributed by atoms with Gasteiger partial charge >= 0.3 is 0 Å². The number of para-hydroxylation sites is 2. The molecular weight excluding hydrogens is 338 g/mol. The smallest absolute Gasteiger partial charge is 0.269 e. The number of nitrogens with zero attached hydrogens (tertiary/aromatic N) is 3. The molecule has 1 amide bonds. The third kappa shape index (κ3) is 3.56. The molecule has 0 bridgehead atoms. The minimum absolute atomic E-state index is 0.0315. The number of halogens is 1.